The van der Waals surface area contributed by atoms with Crippen LogP contribution >= 0.6 is 0 Å². The lowest BCUT2D eigenvalue weighted by atomic mass is 10.2. The van der Waals surface area contributed by atoms with Crippen molar-refractivity contribution in [3.8, 4) is 0 Å². The zero-order valence-corrected chi connectivity index (χ0v) is 13.7. The summed E-state index contributed by atoms with van der Waals surface area (Å²) in [5.74, 6) is 0.0897. The Labute approximate surface area is 140 Å². The van der Waals surface area contributed by atoms with Crippen LogP contribution in [0, 0.1) is 0 Å². The molecule has 1 aliphatic heterocycles. The van der Waals surface area contributed by atoms with Crippen molar-refractivity contribution in [3.63, 3.8) is 0 Å². The van der Waals surface area contributed by atoms with E-state index in [0.29, 0.717) is 31.5 Å². The standard InChI is InChI=1S/C17H21N5O2/c1-13-7-8-17(24)22(13)15-5-2-4-14(10-15)20-16(23)6-3-9-21-12-18-11-19-21/h2,4-5,10-13H,3,6-9H2,1H3,(H,20,23). The predicted octanol–water partition coefficient (Wildman–Crippen LogP) is 2.21. The molecular formula is C17H21N5O2. The number of aryl methyl sites for hydroxylation is 1. The normalized spacial score (nSPS) is 17.3. The number of hydrogen-bond donors (Lipinski definition) is 1. The van der Waals surface area contributed by atoms with Gasteiger partial charge in [0.1, 0.15) is 12.7 Å². The van der Waals surface area contributed by atoms with Gasteiger partial charge in [-0.3, -0.25) is 14.3 Å². The predicted molar refractivity (Wildman–Crippen MR) is 90.5 cm³/mol. The van der Waals surface area contributed by atoms with Crippen LogP contribution in [-0.2, 0) is 16.1 Å². The average molecular weight is 327 g/mol. The molecule has 0 saturated carbocycles. The van der Waals surface area contributed by atoms with Gasteiger partial charge in [0.15, 0.2) is 0 Å². The molecule has 1 saturated heterocycles. The number of carbonyl (C=O) groups excluding carboxylic acids is 2. The molecule has 1 fully saturated rings. The summed E-state index contributed by atoms with van der Waals surface area (Å²) in [5, 5.41) is 6.90. The molecule has 2 aromatic rings. The summed E-state index contributed by atoms with van der Waals surface area (Å²) >= 11 is 0. The number of carbonyl (C=O) groups is 2. The second-order valence-corrected chi connectivity index (χ2v) is 6.01. The van der Waals surface area contributed by atoms with Gasteiger partial charge < -0.3 is 10.2 Å². The highest BCUT2D eigenvalue weighted by atomic mass is 16.2. The molecule has 24 heavy (non-hydrogen) atoms. The fraction of sp³-hybridized carbons (Fsp3) is 0.412. The van der Waals surface area contributed by atoms with E-state index in [1.54, 1.807) is 15.9 Å². The van der Waals surface area contributed by atoms with Crippen LogP contribution < -0.4 is 10.2 Å². The highest BCUT2D eigenvalue weighted by Gasteiger charge is 2.28. The Balaban J connectivity index is 1.56. The molecule has 7 heteroatoms. The summed E-state index contributed by atoms with van der Waals surface area (Å²) in [7, 11) is 0. The molecule has 3 rings (SSSR count). The second-order valence-electron chi connectivity index (χ2n) is 6.01. The van der Waals surface area contributed by atoms with Crippen LogP contribution in [0.2, 0.25) is 0 Å². The lowest BCUT2D eigenvalue weighted by Gasteiger charge is -2.22. The van der Waals surface area contributed by atoms with E-state index in [0.717, 1.165) is 12.1 Å². The number of rotatable bonds is 6. The van der Waals surface area contributed by atoms with Gasteiger partial charge in [-0.15, -0.1) is 0 Å². The Kier molecular flexibility index (Phi) is 4.88. The minimum absolute atomic E-state index is 0.0481. The SMILES string of the molecule is CC1CCC(=O)N1c1cccc(NC(=O)CCCn2cncn2)c1. The first-order valence-electron chi connectivity index (χ1n) is 8.18. The highest BCUT2D eigenvalue weighted by molar-refractivity contribution is 5.97. The molecule has 2 amide bonds. The zero-order chi connectivity index (χ0) is 16.9. The van der Waals surface area contributed by atoms with E-state index in [2.05, 4.69) is 15.4 Å². The Bertz CT molecular complexity index is 714. The highest BCUT2D eigenvalue weighted by Crippen LogP contribution is 2.28. The molecule has 7 nitrogen and oxygen atoms in total. The van der Waals surface area contributed by atoms with Gasteiger partial charge in [0.05, 0.1) is 0 Å². The lowest BCUT2D eigenvalue weighted by Crippen LogP contribution is -2.30. The molecule has 0 aliphatic carbocycles. The minimum atomic E-state index is -0.0481. The van der Waals surface area contributed by atoms with Crippen molar-refractivity contribution in [2.45, 2.75) is 45.2 Å². The molecular weight excluding hydrogens is 306 g/mol. The lowest BCUT2D eigenvalue weighted by molar-refractivity contribution is -0.117. The molecule has 1 aliphatic rings. The van der Waals surface area contributed by atoms with Crippen LogP contribution in [0.15, 0.2) is 36.9 Å². The van der Waals surface area contributed by atoms with Crippen LogP contribution in [0.4, 0.5) is 11.4 Å². The van der Waals surface area contributed by atoms with E-state index >= 15 is 0 Å². The van der Waals surface area contributed by atoms with Crippen molar-refractivity contribution < 1.29 is 9.59 Å². The third-order valence-electron chi connectivity index (χ3n) is 4.15. The Hall–Kier alpha value is -2.70. The molecule has 0 radical (unpaired) electrons. The largest absolute Gasteiger partial charge is 0.326 e. The van der Waals surface area contributed by atoms with E-state index in [4.69, 9.17) is 0 Å². The van der Waals surface area contributed by atoms with Gasteiger partial charge in [0, 0.05) is 36.8 Å². The number of nitrogens with one attached hydrogen (secondary N) is 1. The van der Waals surface area contributed by atoms with Gasteiger partial charge in [-0.25, -0.2) is 4.98 Å². The molecule has 1 N–H and O–H groups in total. The zero-order valence-electron chi connectivity index (χ0n) is 13.7. The van der Waals surface area contributed by atoms with E-state index in [1.165, 1.54) is 6.33 Å². The van der Waals surface area contributed by atoms with Crippen LogP contribution in [-0.4, -0.2) is 32.6 Å². The van der Waals surface area contributed by atoms with E-state index < -0.39 is 0 Å². The van der Waals surface area contributed by atoms with Gasteiger partial charge in [-0.1, -0.05) is 6.07 Å². The summed E-state index contributed by atoms with van der Waals surface area (Å²) in [4.78, 5) is 29.7. The van der Waals surface area contributed by atoms with Crippen molar-refractivity contribution in [1.29, 1.82) is 0 Å². The first-order valence-corrected chi connectivity index (χ1v) is 8.18. The van der Waals surface area contributed by atoms with Crippen molar-refractivity contribution in [3.05, 3.63) is 36.9 Å². The quantitative estimate of drug-likeness (QED) is 0.882. The maximum atomic E-state index is 12.1. The molecule has 126 valence electrons. The third kappa shape index (κ3) is 3.79. The Morgan fingerprint density at radius 2 is 2.29 bits per heavy atom. The number of anilines is 2. The summed E-state index contributed by atoms with van der Waals surface area (Å²) in [5.41, 5.74) is 1.55. The molecule has 0 spiro atoms. The third-order valence-corrected chi connectivity index (χ3v) is 4.15. The molecule has 0 bridgehead atoms. The number of hydrogen-bond acceptors (Lipinski definition) is 4. The van der Waals surface area contributed by atoms with Crippen molar-refractivity contribution in [2.24, 2.45) is 0 Å². The van der Waals surface area contributed by atoms with Crippen molar-refractivity contribution in [2.75, 3.05) is 10.2 Å². The van der Waals surface area contributed by atoms with Crippen molar-refractivity contribution in [1.82, 2.24) is 14.8 Å². The molecule has 2 heterocycles. The summed E-state index contributed by atoms with van der Waals surface area (Å²) in [6.45, 7) is 2.70. The summed E-state index contributed by atoms with van der Waals surface area (Å²) in [6, 6.07) is 7.66. The number of nitrogens with zero attached hydrogens (tertiary/aromatic N) is 4. The topological polar surface area (TPSA) is 80.1 Å². The monoisotopic (exact) mass is 327 g/mol. The average Bonchev–Trinajstić information content (AvgIpc) is 3.18. The fourth-order valence-corrected chi connectivity index (χ4v) is 2.93. The van der Waals surface area contributed by atoms with Gasteiger partial charge in [0.2, 0.25) is 11.8 Å². The van der Waals surface area contributed by atoms with E-state index in [-0.39, 0.29) is 17.9 Å². The summed E-state index contributed by atoms with van der Waals surface area (Å²) < 4.78 is 1.70. The first-order chi connectivity index (χ1) is 11.6. The molecule has 1 atom stereocenters. The number of amides is 2. The van der Waals surface area contributed by atoms with E-state index in [9.17, 15) is 9.59 Å². The van der Waals surface area contributed by atoms with E-state index in [1.807, 2.05) is 31.2 Å². The minimum Gasteiger partial charge on any atom is -0.326 e. The number of benzene rings is 1. The van der Waals surface area contributed by atoms with Gasteiger partial charge in [0.25, 0.3) is 0 Å². The van der Waals surface area contributed by atoms with Crippen molar-refractivity contribution >= 4 is 23.2 Å². The molecule has 1 aromatic heterocycles. The van der Waals surface area contributed by atoms with Gasteiger partial charge in [-0.2, -0.15) is 5.10 Å². The van der Waals surface area contributed by atoms with Gasteiger partial charge >= 0.3 is 0 Å². The maximum absolute atomic E-state index is 12.1. The van der Waals surface area contributed by atoms with Crippen LogP contribution in [0.3, 0.4) is 0 Å². The fourth-order valence-electron chi connectivity index (χ4n) is 2.93. The smallest absolute Gasteiger partial charge is 0.227 e. The summed E-state index contributed by atoms with van der Waals surface area (Å²) in [6.07, 6.45) is 5.67. The molecule has 1 aromatic carbocycles. The van der Waals surface area contributed by atoms with Crippen LogP contribution in [0.25, 0.3) is 0 Å². The van der Waals surface area contributed by atoms with Gasteiger partial charge in [-0.05, 0) is 38.0 Å². The Morgan fingerprint density at radius 1 is 1.42 bits per heavy atom. The van der Waals surface area contributed by atoms with Crippen LogP contribution in [0.5, 0.6) is 0 Å². The Morgan fingerprint density at radius 3 is 3.00 bits per heavy atom. The first kappa shape index (κ1) is 16.2. The van der Waals surface area contributed by atoms with Crippen LogP contribution in [0.1, 0.15) is 32.6 Å². The second kappa shape index (κ2) is 7.25. The maximum Gasteiger partial charge on any atom is 0.227 e. The number of aromatic nitrogens is 3. The molecule has 1 unspecified atom stereocenters.